The van der Waals surface area contributed by atoms with Crippen molar-refractivity contribution in [3.8, 4) is 0 Å². The van der Waals surface area contributed by atoms with Crippen LogP contribution in [0.3, 0.4) is 0 Å². The van der Waals surface area contributed by atoms with Gasteiger partial charge in [0, 0.05) is 21.4 Å². The maximum absolute atomic E-state index is 10.3. The van der Waals surface area contributed by atoms with Gasteiger partial charge in [-0.15, -0.1) is 0 Å². The molecule has 0 heterocycles. The fourth-order valence-electron chi connectivity index (χ4n) is 0.447. The summed E-state index contributed by atoms with van der Waals surface area (Å²) in [6.45, 7) is 2.06. The molecule has 0 saturated heterocycles. The highest BCUT2D eigenvalue weighted by molar-refractivity contribution is 7.52. The van der Waals surface area contributed by atoms with Gasteiger partial charge in [-0.05, 0) is 12.8 Å². The Hall–Kier alpha value is 0.700. The summed E-state index contributed by atoms with van der Waals surface area (Å²) in [7, 11) is 3.14. The Bertz CT molecular complexity index is 93.8. The molecule has 0 aliphatic rings. The van der Waals surface area contributed by atoms with E-state index in [9.17, 15) is 5.21 Å². The summed E-state index contributed by atoms with van der Waals surface area (Å²) in [4.78, 5) is 0. The summed E-state index contributed by atoms with van der Waals surface area (Å²) in [5.74, 6) is 0. The van der Waals surface area contributed by atoms with E-state index in [0.717, 1.165) is 12.3 Å². The van der Waals surface area contributed by atoms with Gasteiger partial charge in [0.1, 0.15) is 0 Å². The van der Waals surface area contributed by atoms with E-state index < -0.39 is 0 Å². The zero-order chi connectivity index (χ0) is 8.69. The van der Waals surface area contributed by atoms with Crippen molar-refractivity contribution in [2.45, 2.75) is 0 Å². The fourth-order valence-corrected chi connectivity index (χ4v) is 2.56. The summed E-state index contributed by atoms with van der Waals surface area (Å²) < 4.78 is 9.87. The Morgan fingerprint density at radius 2 is 2.27 bits per heavy atom. The van der Waals surface area contributed by atoms with E-state index in [0.29, 0.717) is 8.81 Å². The molecule has 0 spiro atoms. The molecule has 0 radical (unpaired) electrons. The van der Waals surface area contributed by atoms with Crippen LogP contribution in [-0.4, -0.2) is 33.1 Å². The first-order chi connectivity index (χ1) is 5.16. The molecule has 6 heteroatoms. The second-order valence-corrected chi connectivity index (χ2v) is 5.08. The number of rotatable bonds is 6. The van der Waals surface area contributed by atoms with Crippen LogP contribution in [0.1, 0.15) is 0 Å². The van der Waals surface area contributed by atoms with Crippen LogP contribution in [0.4, 0.5) is 0 Å². The van der Waals surface area contributed by atoms with Gasteiger partial charge < -0.3 is 9.73 Å². The minimum absolute atomic E-state index is 0.193. The molecule has 0 fully saturated rings. The molecule has 0 aromatic carbocycles. The molecule has 4 nitrogen and oxygen atoms in total. The molecule has 3 atom stereocenters. The van der Waals surface area contributed by atoms with Gasteiger partial charge in [-0.25, -0.2) is 5.23 Å². The lowest BCUT2D eigenvalue weighted by molar-refractivity contribution is -1.00. The molecule has 0 saturated carbocycles. The second kappa shape index (κ2) is 7.35. The van der Waals surface area contributed by atoms with Crippen LogP contribution >= 0.6 is 17.0 Å². The Labute approximate surface area is 70.5 Å². The zero-order valence-electron chi connectivity index (χ0n) is 7.09. The normalized spacial score (nSPS) is 17.5. The standard InChI is InChI=1S/C5H15NO3P2/c1-6(7)9-10-4-5-11(3)8-2/h6,10H,4-5H2,1-3H3. The van der Waals surface area contributed by atoms with Crippen LogP contribution < -0.4 is 5.23 Å². The van der Waals surface area contributed by atoms with Crippen molar-refractivity contribution >= 4 is 17.0 Å². The van der Waals surface area contributed by atoms with Crippen molar-refractivity contribution in [3.05, 3.63) is 5.21 Å². The summed E-state index contributed by atoms with van der Waals surface area (Å²) in [6, 6.07) is 0. The van der Waals surface area contributed by atoms with Crippen LogP contribution in [0.25, 0.3) is 0 Å². The highest BCUT2D eigenvalue weighted by atomic mass is 31.1. The van der Waals surface area contributed by atoms with Crippen LogP contribution in [-0.2, 0) is 9.15 Å². The van der Waals surface area contributed by atoms with Gasteiger partial charge in [0.05, 0.1) is 15.9 Å². The monoisotopic (exact) mass is 199 g/mol. The van der Waals surface area contributed by atoms with E-state index in [4.69, 9.17) is 9.15 Å². The Balaban J connectivity index is 3.01. The summed E-state index contributed by atoms with van der Waals surface area (Å²) in [5, 5.41) is 10.1. The molecule has 68 valence electrons. The van der Waals surface area contributed by atoms with Crippen molar-refractivity contribution < 1.29 is 14.4 Å². The molecule has 0 rings (SSSR count). The molecule has 0 amide bonds. The number of hydroxylamine groups is 2. The average molecular weight is 199 g/mol. The first-order valence-electron chi connectivity index (χ1n) is 3.32. The first-order valence-corrected chi connectivity index (χ1v) is 6.33. The lowest BCUT2D eigenvalue weighted by atomic mass is 11.0. The molecule has 1 N–H and O–H groups in total. The quantitative estimate of drug-likeness (QED) is 0.377. The van der Waals surface area contributed by atoms with Gasteiger partial charge >= 0.3 is 0 Å². The highest BCUT2D eigenvalue weighted by Gasteiger charge is 1.99. The summed E-state index contributed by atoms with van der Waals surface area (Å²) in [5.41, 5.74) is 0. The molecular weight excluding hydrogens is 184 g/mol. The molecule has 3 unspecified atom stereocenters. The van der Waals surface area contributed by atoms with Crippen molar-refractivity contribution in [1.82, 2.24) is 0 Å². The third kappa shape index (κ3) is 8.61. The van der Waals surface area contributed by atoms with Crippen LogP contribution in [0.15, 0.2) is 0 Å². The van der Waals surface area contributed by atoms with Gasteiger partial charge in [-0.1, -0.05) is 0 Å². The van der Waals surface area contributed by atoms with Crippen molar-refractivity contribution in [2.24, 2.45) is 0 Å². The van der Waals surface area contributed by atoms with E-state index >= 15 is 0 Å². The highest BCUT2D eigenvalue weighted by Crippen LogP contribution is 2.31. The van der Waals surface area contributed by atoms with Gasteiger partial charge in [0.25, 0.3) is 0 Å². The van der Waals surface area contributed by atoms with Gasteiger partial charge in [0.2, 0.25) is 0 Å². The third-order valence-electron chi connectivity index (χ3n) is 1.06. The number of quaternary nitrogens is 1. The molecule has 0 aliphatic heterocycles. The maximum atomic E-state index is 10.3. The molecule has 0 aromatic heterocycles. The summed E-state index contributed by atoms with van der Waals surface area (Å²) in [6.07, 6.45) is 1.94. The van der Waals surface area contributed by atoms with Crippen LogP contribution in [0.2, 0.25) is 0 Å². The van der Waals surface area contributed by atoms with Crippen molar-refractivity contribution in [1.29, 1.82) is 0 Å². The van der Waals surface area contributed by atoms with E-state index in [1.54, 1.807) is 7.11 Å². The third-order valence-corrected chi connectivity index (χ3v) is 3.84. The average Bonchev–Trinajstić information content (AvgIpc) is 1.97. The molecule has 0 bridgehead atoms. The SMILES string of the molecule is COP(C)CCPO[NH+](C)[O-]. The number of hydrogen-bond donors (Lipinski definition) is 1. The molecule has 0 aliphatic carbocycles. The fraction of sp³-hybridized carbons (Fsp3) is 1.00. The number of hydrogen-bond acceptors (Lipinski definition) is 3. The van der Waals surface area contributed by atoms with E-state index in [1.165, 1.54) is 7.05 Å². The molecule has 0 aromatic rings. The van der Waals surface area contributed by atoms with Gasteiger partial charge in [-0.3, -0.25) is 0 Å². The topological polar surface area (TPSA) is 46.0 Å². The number of nitrogens with one attached hydrogen (secondary N) is 1. The zero-order valence-corrected chi connectivity index (χ0v) is 8.98. The minimum atomic E-state index is -0.294. The summed E-state index contributed by atoms with van der Waals surface area (Å²) >= 11 is 0. The Kier molecular flexibility index (Phi) is 7.82. The second-order valence-electron chi connectivity index (χ2n) is 2.02. The van der Waals surface area contributed by atoms with E-state index in [1.807, 2.05) is 0 Å². The Morgan fingerprint density at radius 3 is 2.73 bits per heavy atom. The predicted molar refractivity (Wildman–Crippen MR) is 49.2 cm³/mol. The molecular formula is C5H15NO3P2. The smallest absolute Gasteiger partial charge is 0.0966 e. The van der Waals surface area contributed by atoms with Crippen LogP contribution in [0, 0.1) is 5.21 Å². The largest absolute Gasteiger partial charge is 0.600 e. The van der Waals surface area contributed by atoms with E-state index in [-0.39, 0.29) is 13.4 Å². The molecule has 11 heavy (non-hydrogen) atoms. The lowest BCUT2D eigenvalue weighted by Crippen LogP contribution is -3.01. The van der Waals surface area contributed by atoms with Crippen LogP contribution in [0.5, 0.6) is 0 Å². The lowest BCUT2D eigenvalue weighted by Gasteiger charge is -2.14. The minimum Gasteiger partial charge on any atom is -0.600 e. The maximum Gasteiger partial charge on any atom is 0.0966 e. The Morgan fingerprint density at radius 1 is 1.64 bits per heavy atom. The van der Waals surface area contributed by atoms with Crippen molar-refractivity contribution in [2.75, 3.05) is 33.1 Å². The van der Waals surface area contributed by atoms with E-state index in [2.05, 4.69) is 6.66 Å². The van der Waals surface area contributed by atoms with Gasteiger partial charge in [0.15, 0.2) is 0 Å². The predicted octanol–water partition coefficient (Wildman–Crippen LogP) is 0.197. The van der Waals surface area contributed by atoms with Crippen molar-refractivity contribution in [3.63, 3.8) is 0 Å². The first kappa shape index (κ1) is 11.7. The van der Waals surface area contributed by atoms with Gasteiger partial charge in [-0.2, -0.15) is 4.62 Å².